The first-order valence-corrected chi connectivity index (χ1v) is 8.97. The van der Waals surface area contributed by atoms with Crippen LogP contribution in [0.25, 0.3) is 10.2 Å². The number of amides is 1. The van der Waals surface area contributed by atoms with Crippen molar-refractivity contribution in [2.45, 2.75) is 18.9 Å². The zero-order valence-electron chi connectivity index (χ0n) is 13.2. The van der Waals surface area contributed by atoms with Gasteiger partial charge >= 0.3 is 0 Å². The maximum absolute atomic E-state index is 13.0. The Kier molecular flexibility index (Phi) is 4.28. The quantitative estimate of drug-likeness (QED) is 0.718. The molecule has 5 heteroatoms. The van der Waals surface area contributed by atoms with Gasteiger partial charge in [-0.3, -0.25) is 9.69 Å². The molecule has 2 aromatic carbocycles. The van der Waals surface area contributed by atoms with Crippen LogP contribution in [0.4, 0.5) is 5.13 Å². The number of thiazole rings is 1. The molecule has 122 valence electrons. The molecule has 1 aliphatic heterocycles. The summed E-state index contributed by atoms with van der Waals surface area (Å²) in [4.78, 5) is 19.5. The van der Waals surface area contributed by atoms with E-state index in [1.165, 1.54) is 0 Å². The van der Waals surface area contributed by atoms with Gasteiger partial charge in [-0.1, -0.05) is 41.7 Å². The molecule has 0 unspecified atom stereocenters. The molecule has 1 aliphatic rings. The van der Waals surface area contributed by atoms with E-state index in [1.807, 2.05) is 54.6 Å². The van der Waals surface area contributed by atoms with Gasteiger partial charge in [0.25, 0.3) is 5.91 Å². The third-order valence-corrected chi connectivity index (χ3v) is 5.25. The number of hydrogen-bond donors (Lipinski definition) is 0. The standard InChI is InChI=1S/C19H18N2O2S/c22-18(14-7-2-1-3-8-14)21(13-15-9-6-12-23-15)19-20-16-10-4-5-11-17(16)24-19/h1-5,7-8,10-11,15H,6,9,12-13H2/t15-/m0/s1. The highest BCUT2D eigenvalue weighted by Gasteiger charge is 2.26. The lowest BCUT2D eigenvalue weighted by atomic mass is 10.2. The van der Waals surface area contributed by atoms with E-state index in [0.29, 0.717) is 12.1 Å². The predicted octanol–water partition coefficient (Wildman–Crippen LogP) is 4.12. The Labute approximate surface area is 144 Å². The third kappa shape index (κ3) is 3.05. The smallest absolute Gasteiger partial charge is 0.260 e. The highest BCUT2D eigenvalue weighted by atomic mass is 32.1. The minimum atomic E-state index is -0.0230. The van der Waals surface area contributed by atoms with Crippen molar-refractivity contribution in [2.75, 3.05) is 18.1 Å². The molecule has 0 radical (unpaired) electrons. The molecule has 1 aromatic heterocycles. The van der Waals surface area contributed by atoms with Crippen LogP contribution in [0.1, 0.15) is 23.2 Å². The molecular weight excluding hydrogens is 320 g/mol. The number of ether oxygens (including phenoxy) is 1. The van der Waals surface area contributed by atoms with E-state index < -0.39 is 0 Å². The molecule has 1 atom stereocenters. The van der Waals surface area contributed by atoms with E-state index >= 15 is 0 Å². The summed E-state index contributed by atoms with van der Waals surface area (Å²) in [5.41, 5.74) is 1.60. The van der Waals surface area contributed by atoms with Gasteiger partial charge in [-0.25, -0.2) is 4.98 Å². The fourth-order valence-corrected chi connectivity index (χ4v) is 3.93. The lowest BCUT2D eigenvalue weighted by molar-refractivity contribution is 0.0917. The first-order chi connectivity index (χ1) is 11.8. The monoisotopic (exact) mass is 338 g/mol. The minimum absolute atomic E-state index is 0.0230. The molecule has 0 aliphatic carbocycles. The van der Waals surface area contributed by atoms with Crippen molar-refractivity contribution in [3.8, 4) is 0 Å². The summed E-state index contributed by atoms with van der Waals surface area (Å²) in [6.45, 7) is 1.32. The molecule has 0 N–H and O–H groups in total. The van der Waals surface area contributed by atoms with E-state index in [-0.39, 0.29) is 12.0 Å². The minimum Gasteiger partial charge on any atom is -0.376 e. The number of benzene rings is 2. The van der Waals surface area contributed by atoms with Crippen molar-refractivity contribution in [3.05, 3.63) is 60.2 Å². The molecule has 24 heavy (non-hydrogen) atoms. The van der Waals surface area contributed by atoms with Crippen LogP contribution in [0.5, 0.6) is 0 Å². The summed E-state index contributed by atoms with van der Waals surface area (Å²) in [6.07, 6.45) is 2.13. The second-order valence-corrected chi connectivity index (χ2v) is 6.89. The van der Waals surface area contributed by atoms with Gasteiger partial charge in [-0.15, -0.1) is 0 Å². The van der Waals surface area contributed by atoms with Crippen molar-refractivity contribution in [1.82, 2.24) is 4.98 Å². The highest BCUT2D eigenvalue weighted by molar-refractivity contribution is 7.22. The second-order valence-electron chi connectivity index (χ2n) is 5.88. The molecule has 1 amide bonds. The second kappa shape index (κ2) is 6.71. The SMILES string of the molecule is O=C(c1ccccc1)N(C[C@@H]1CCCO1)c1nc2ccccc2s1. The number of para-hydroxylation sites is 1. The maximum Gasteiger partial charge on any atom is 0.260 e. The van der Waals surface area contributed by atoms with Gasteiger partial charge in [0.15, 0.2) is 5.13 Å². The average molecular weight is 338 g/mol. The summed E-state index contributed by atoms with van der Waals surface area (Å²) >= 11 is 1.55. The molecule has 3 aromatic rings. The highest BCUT2D eigenvalue weighted by Crippen LogP contribution is 2.30. The van der Waals surface area contributed by atoms with Crippen LogP contribution in [-0.4, -0.2) is 30.1 Å². The van der Waals surface area contributed by atoms with Crippen LogP contribution >= 0.6 is 11.3 Å². The van der Waals surface area contributed by atoms with E-state index in [0.717, 1.165) is 34.8 Å². The summed E-state index contributed by atoms with van der Waals surface area (Å²) < 4.78 is 6.84. The fourth-order valence-electron chi connectivity index (χ4n) is 2.95. The number of nitrogens with zero attached hydrogens (tertiary/aromatic N) is 2. The van der Waals surface area contributed by atoms with Crippen LogP contribution in [0.3, 0.4) is 0 Å². The number of hydrogen-bond acceptors (Lipinski definition) is 4. The molecule has 2 heterocycles. The van der Waals surface area contributed by atoms with Crippen LogP contribution in [0, 0.1) is 0 Å². The van der Waals surface area contributed by atoms with Gasteiger partial charge in [0.1, 0.15) is 0 Å². The lowest BCUT2D eigenvalue weighted by Crippen LogP contribution is -2.37. The molecule has 0 bridgehead atoms. The van der Waals surface area contributed by atoms with E-state index in [1.54, 1.807) is 16.2 Å². The number of fused-ring (bicyclic) bond motifs is 1. The first kappa shape index (κ1) is 15.3. The predicted molar refractivity (Wildman–Crippen MR) is 96.7 cm³/mol. The van der Waals surface area contributed by atoms with Crippen LogP contribution in [-0.2, 0) is 4.74 Å². The summed E-state index contributed by atoms with van der Waals surface area (Å²) in [5.74, 6) is -0.0230. The summed E-state index contributed by atoms with van der Waals surface area (Å²) in [6, 6.07) is 17.4. The van der Waals surface area contributed by atoms with E-state index in [9.17, 15) is 4.79 Å². The Balaban J connectivity index is 1.70. The molecule has 0 saturated carbocycles. The number of rotatable bonds is 4. The van der Waals surface area contributed by atoms with Crippen molar-refractivity contribution in [2.24, 2.45) is 0 Å². The van der Waals surface area contributed by atoms with Gasteiger partial charge in [-0.2, -0.15) is 0 Å². The number of carbonyl (C=O) groups excluding carboxylic acids is 1. The van der Waals surface area contributed by atoms with Gasteiger partial charge < -0.3 is 4.74 Å². The van der Waals surface area contributed by atoms with Gasteiger partial charge in [0, 0.05) is 12.2 Å². The number of aromatic nitrogens is 1. The summed E-state index contributed by atoms with van der Waals surface area (Å²) in [5, 5.41) is 0.737. The maximum atomic E-state index is 13.0. The van der Waals surface area contributed by atoms with Gasteiger partial charge in [0.2, 0.25) is 0 Å². The number of carbonyl (C=O) groups is 1. The molecule has 4 rings (SSSR count). The Hall–Kier alpha value is -2.24. The fraction of sp³-hybridized carbons (Fsp3) is 0.263. The van der Waals surface area contributed by atoms with Crippen LogP contribution in [0.15, 0.2) is 54.6 Å². The summed E-state index contributed by atoms with van der Waals surface area (Å²) in [7, 11) is 0. The molecular formula is C19H18N2O2S. The Bertz CT molecular complexity index is 808. The number of anilines is 1. The van der Waals surface area contributed by atoms with Gasteiger partial charge in [0.05, 0.1) is 22.9 Å². The molecule has 4 nitrogen and oxygen atoms in total. The largest absolute Gasteiger partial charge is 0.376 e. The van der Waals surface area contributed by atoms with E-state index in [4.69, 9.17) is 4.74 Å². The molecule has 1 fully saturated rings. The van der Waals surface area contributed by atoms with Crippen LogP contribution < -0.4 is 4.90 Å². The van der Waals surface area contributed by atoms with Crippen LogP contribution in [0.2, 0.25) is 0 Å². The lowest BCUT2D eigenvalue weighted by Gasteiger charge is -2.23. The molecule has 1 saturated heterocycles. The molecule has 0 spiro atoms. The average Bonchev–Trinajstić information content (AvgIpc) is 3.29. The Morgan fingerprint density at radius 1 is 1.17 bits per heavy atom. The zero-order chi connectivity index (χ0) is 16.4. The normalized spacial score (nSPS) is 17.2. The van der Waals surface area contributed by atoms with Crippen molar-refractivity contribution in [1.29, 1.82) is 0 Å². The van der Waals surface area contributed by atoms with Crippen molar-refractivity contribution < 1.29 is 9.53 Å². The Morgan fingerprint density at radius 3 is 2.71 bits per heavy atom. The topological polar surface area (TPSA) is 42.4 Å². The van der Waals surface area contributed by atoms with Crippen molar-refractivity contribution >= 4 is 32.6 Å². The zero-order valence-corrected chi connectivity index (χ0v) is 14.0. The first-order valence-electron chi connectivity index (χ1n) is 8.15. The van der Waals surface area contributed by atoms with Gasteiger partial charge in [-0.05, 0) is 37.1 Å². The van der Waals surface area contributed by atoms with E-state index in [2.05, 4.69) is 4.98 Å². The van der Waals surface area contributed by atoms with Crippen molar-refractivity contribution in [3.63, 3.8) is 0 Å². The third-order valence-electron chi connectivity index (χ3n) is 4.19. The Morgan fingerprint density at radius 2 is 1.96 bits per heavy atom.